The third-order valence-electron chi connectivity index (χ3n) is 12.9. The van der Waals surface area contributed by atoms with Gasteiger partial charge in [0, 0.05) is 56.9 Å². The van der Waals surface area contributed by atoms with Crippen LogP contribution >= 0.6 is 0 Å². The van der Waals surface area contributed by atoms with Gasteiger partial charge in [-0.05, 0) is 129 Å². The van der Waals surface area contributed by atoms with Crippen LogP contribution in [0.1, 0.15) is 130 Å². The highest BCUT2D eigenvalue weighted by Crippen LogP contribution is 2.25. The Morgan fingerprint density at radius 2 is 1.02 bits per heavy atom. The van der Waals surface area contributed by atoms with E-state index in [1.54, 1.807) is 0 Å². The molecule has 5 aromatic carbocycles. The zero-order chi connectivity index (χ0) is 45.3. The van der Waals surface area contributed by atoms with Gasteiger partial charge in [0.2, 0.25) is 0 Å². The topological polar surface area (TPSA) is 57.3 Å². The summed E-state index contributed by atoms with van der Waals surface area (Å²) < 4.78 is 11.6. The van der Waals surface area contributed by atoms with Gasteiger partial charge in [0.05, 0.1) is 13.2 Å². The van der Waals surface area contributed by atoms with Crippen molar-refractivity contribution in [2.75, 3.05) is 39.4 Å². The molecule has 0 aromatic heterocycles. The van der Waals surface area contributed by atoms with E-state index in [2.05, 4.69) is 150 Å². The maximum atomic E-state index is 13.9. The molecule has 2 aliphatic rings. The van der Waals surface area contributed by atoms with E-state index >= 15 is 0 Å². The van der Waals surface area contributed by atoms with Gasteiger partial charge < -0.3 is 19.7 Å². The quantitative estimate of drug-likeness (QED) is 0.0660. The molecule has 7 nitrogen and oxygen atoms in total. The minimum absolute atomic E-state index is 0.139. The summed E-state index contributed by atoms with van der Waals surface area (Å²) in [7, 11) is 0. The van der Waals surface area contributed by atoms with Gasteiger partial charge in [0.15, 0.2) is 0 Å². The van der Waals surface area contributed by atoms with Crippen LogP contribution in [-0.2, 0) is 32.6 Å². The number of ether oxygens (including phenoxy) is 2. The number of carbonyl (C=O) groups excluding carboxylic acids is 1. The fraction of sp³-hybridized carbons (Fsp3) is 0.466. The van der Waals surface area contributed by atoms with Crippen molar-refractivity contribution in [2.24, 2.45) is 0 Å². The number of nitrogens with one attached hydrogen (secondary N) is 1. The predicted molar refractivity (Wildman–Crippen MR) is 270 cm³/mol. The molecular formula is C58H78N4O3. The van der Waals surface area contributed by atoms with Crippen molar-refractivity contribution in [2.45, 2.75) is 136 Å². The fourth-order valence-corrected chi connectivity index (χ4v) is 8.82. The molecule has 0 atom stereocenters. The molecule has 2 saturated heterocycles. The number of carbonyl (C=O) groups is 1. The zero-order valence-corrected chi connectivity index (χ0v) is 40.0. The fourth-order valence-electron chi connectivity index (χ4n) is 8.82. The molecular weight excluding hydrogens is 801 g/mol. The molecule has 7 heteroatoms. The number of hydrogen-bond acceptors (Lipinski definition) is 6. The largest absolute Gasteiger partial charge is 0.494 e. The van der Waals surface area contributed by atoms with Crippen LogP contribution in [-0.4, -0.2) is 72.1 Å². The highest BCUT2D eigenvalue weighted by molar-refractivity contribution is 5.94. The van der Waals surface area contributed by atoms with Gasteiger partial charge in [-0.3, -0.25) is 14.6 Å². The van der Waals surface area contributed by atoms with E-state index in [4.69, 9.17) is 9.47 Å². The van der Waals surface area contributed by atoms with Crippen molar-refractivity contribution in [3.05, 3.63) is 167 Å². The van der Waals surface area contributed by atoms with Gasteiger partial charge in [-0.25, -0.2) is 0 Å². The van der Waals surface area contributed by atoms with Crippen LogP contribution < -0.4 is 14.8 Å². The minimum atomic E-state index is 0.139. The molecule has 0 aliphatic carbocycles. The summed E-state index contributed by atoms with van der Waals surface area (Å²) in [6, 6.07) is 47.5. The smallest absolute Gasteiger partial charge is 0.254 e. The molecule has 7 rings (SSSR count). The maximum absolute atomic E-state index is 13.9. The summed E-state index contributed by atoms with van der Waals surface area (Å²) in [4.78, 5) is 21.1. The van der Waals surface area contributed by atoms with Crippen molar-refractivity contribution >= 4 is 5.91 Å². The normalized spacial score (nSPS) is 14.9. The summed E-state index contributed by atoms with van der Waals surface area (Å²) >= 11 is 0. The third kappa shape index (κ3) is 17.4. The number of hydrogen-bond donors (Lipinski definition) is 1. The van der Waals surface area contributed by atoms with Gasteiger partial charge in [-0.2, -0.15) is 0 Å². The van der Waals surface area contributed by atoms with Gasteiger partial charge in [-0.1, -0.05) is 144 Å². The van der Waals surface area contributed by atoms with Crippen molar-refractivity contribution in [1.29, 1.82) is 0 Å². The summed E-state index contributed by atoms with van der Waals surface area (Å²) in [6.07, 6.45) is 13.7. The van der Waals surface area contributed by atoms with Crippen LogP contribution in [0, 0.1) is 0 Å². The van der Waals surface area contributed by atoms with E-state index in [0.717, 1.165) is 107 Å². The summed E-state index contributed by atoms with van der Waals surface area (Å²) in [5.41, 5.74) is 7.36. The lowest BCUT2D eigenvalue weighted by Crippen LogP contribution is -2.46. The second-order valence-corrected chi connectivity index (χ2v) is 18.2. The molecule has 1 N–H and O–H groups in total. The number of unbranched alkanes of at least 4 members (excludes halogenated alkanes) is 4. The molecule has 0 unspecified atom stereocenters. The Bertz CT molecular complexity index is 2010. The molecule has 65 heavy (non-hydrogen) atoms. The summed E-state index contributed by atoms with van der Waals surface area (Å²) in [6.45, 7) is 16.1. The number of amides is 1. The Kier molecular flexibility index (Phi) is 21.4. The number of nitrogens with zero attached hydrogens (tertiary/aromatic N) is 3. The number of likely N-dealkylation sites (tertiary alicyclic amines) is 2. The number of benzene rings is 5. The van der Waals surface area contributed by atoms with Crippen LogP contribution in [0.3, 0.4) is 0 Å². The average Bonchev–Trinajstić information content (AvgIpc) is 3.35. The Hall–Kier alpha value is -4.95. The molecule has 0 radical (unpaired) electrons. The molecule has 5 aromatic rings. The third-order valence-corrected chi connectivity index (χ3v) is 12.9. The number of aryl methyl sites for hydroxylation is 1. The Morgan fingerprint density at radius 1 is 0.538 bits per heavy atom. The van der Waals surface area contributed by atoms with Crippen molar-refractivity contribution in [3.8, 4) is 11.5 Å². The second kappa shape index (κ2) is 28.2. The summed E-state index contributed by atoms with van der Waals surface area (Å²) in [5.74, 6) is 2.02. The Balaban J connectivity index is 0.000000233. The predicted octanol–water partition coefficient (Wildman–Crippen LogP) is 12.5. The second-order valence-electron chi connectivity index (χ2n) is 18.2. The van der Waals surface area contributed by atoms with E-state index in [1.165, 1.54) is 73.9 Å². The van der Waals surface area contributed by atoms with Gasteiger partial charge in [0.1, 0.15) is 11.5 Å². The van der Waals surface area contributed by atoms with E-state index in [9.17, 15) is 4.79 Å². The lowest BCUT2D eigenvalue weighted by Gasteiger charge is -2.39. The van der Waals surface area contributed by atoms with Gasteiger partial charge in [-0.15, -0.1) is 0 Å². The van der Waals surface area contributed by atoms with E-state index in [0.29, 0.717) is 12.6 Å². The molecule has 0 bridgehead atoms. The van der Waals surface area contributed by atoms with E-state index in [-0.39, 0.29) is 11.9 Å². The lowest BCUT2D eigenvalue weighted by molar-refractivity contribution is 0.0543. The maximum Gasteiger partial charge on any atom is 0.254 e. The Labute approximate surface area is 392 Å². The van der Waals surface area contributed by atoms with Gasteiger partial charge in [0.25, 0.3) is 5.91 Å². The molecule has 0 spiro atoms. The first-order valence-electron chi connectivity index (χ1n) is 25.1. The van der Waals surface area contributed by atoms with Crippen LogP contribution in [0.2, 0.25) is 0 Å². The SMILES string of the molecule is CCCCCc1ccc(C(=O)N(Cc2ccc(OCCCC)cc2)C2CCN(Cc3ccccc3)CC2)cc1.CCCCOc1ccc(CNC2CCN(Cc3ccccc3)CC2)cc1. The Morgan fingerprint density at radius 3 is 1.52 bits per heavy atom. The lowest BCUT2D eigenvalue weighted by atomic mass is 9.99. The van der Waals surface area contributed by atoms with Crippen molar-refractivity contribution in [1.82, 2.24) is 20.0 Å². The first-order chi connectivity index (χ1) is 32.0. The molecule has 2 fully saturated rings. The molecule has 0 saturated carbocycles. The van der Waals surface area contributed by atoms with Gasteiger partial charge >= 0.3 is 0 Å². The first kappa shape index (κ1) is 49.5. The standard InChI is InChI=1S/C35H46N2O2.C23H32N2O/c1-3-5-8-11-29-14-18-32(19-15-29)35(38)37(28-31-16-20-34(21-17-31)39-26-6-4-2)33-22-24-36(25-23-33)27-30-12-9-7-10-13-30;1-2-3-17-26-23-11-9-20(10-12-23)18-24-22-13-15-25(16-14-22)19-21-7-5-4-6-8-21/h7,9-10,12-21,33H,3-6,8,11,22-28H2,1-2H3;4-12,22,24H,2-3,13-19H2,1H3. The highest BCUT2D eigenvalue weighted by Gasteiger charge is 2.29. The van der Waals surface area contributed by atoms with E-state index in [1.807, 2.05) is 24.3 Å². The molecule has 2 heterocycles. The van der Waals surface area contributed by atoms with Crippen molar-refractivity contribution in [3.63, 3.8) is 0 Å². The zero-order valence-electron chi connectivity index (χ0n) is 40.0. The van der Waals surface area contributed by atoms with Crippen LogP contribution in [0.25, 0.3) is 0 Å². The van der Waals surface area contributed by atoms with Crippen LogP contribution in [0.4, 0.5) is 0 Å². The number of rotatable bonds is 23. The van der Waals surface area contributed by atoms with Crippen LogP contribution in [0.5, 0.6) is 11.5 Å². The first-order valence-corrected chi connectivity index (χ1v) is 25.1. The average molecular weight is 879 g/mol. The monoisotopic (exact) mass is 879 g/mol. The summed E-state index contributed by atoms with van der Waals surface area (Å²) in [5, 5.41) is 3.73. The molecule has 348 valence electrons. The minimum Gasteiger partial charge on any atom is -0.494 e. The molecule has 1 amide bonds. The highest BCUT2D eigenvalue weighted by atomic mass is 16.5. The number of piperidine rings is 2. The van der Waals surface area contributed by atoms with Crippen molar-refractivity contribution < 1.29 is 14.3 Å². The van der Waals surface area contributed by atoms with Crippen LogP contribution in [0.15, 0.2) is 133 Å². The molecule has 2 aliphatic heterocycles. The van der Waals surface area contributed by atoms with E-state index < -0.39 is 0 Å².